The molecule has 1 aliphatic rings. The number of esters is 1. The van der Waals surface area contributed by atoms with Crippen LogP contribution in [0.5, 0.6) is 0 Å². The van der Waals surface area contributed by atoms with E-state index in [1.807, 2.05) is 6.92 Å². The summed E-state index contributed by atoms with van der Waals surface area (Å²) in [7, 11) is 0. The number of alkyl halides is 2. The average molecular weight is 243 g/mol. The zero-order valence-electron chi connectivity index (χ0n) is 7.83. The van der Waals surface area contributed by atoms with E-state index in [0.29, 0.717) is 0 Å². The van der Waals surface area contributed by atoms with Crippen molar-refractivity contribution in [2.45, 2.75) is 25.0 Å². The molecular weight excluding hydrogens is 234 g/mol. The second-order valence-electron chi connectivity index (χ2n) is 3.62. The van der Waals surface area contributed by atoms with Gasteiger partial charge in [-0.1, -0.05) is 6.92 Å². The van der Waals surface area contributed by atoms with E-state index in [0.717, 1.165) is 12.8 Å². The number of rotatable bonds is 6. The minimum atomic E-state index is -3.93. The predicted octanol–water partition coefficient (Wildman–Crippen LogP) is 0.794. The summed E-state index contributed by atoms with van der Waals surface area (Å²) in [5, 5.41) is 8.07. The minimum Gasteiger partial charge on any atom is -0.691 e. The van der Waals surface area contributed by atoms with Gasteiger partial charge in [0.15, 0.2) is 0 Å². The molecular formula is C7H9F2O5S-. The van der Waals surface area contributed by atoms with Crippen molar-refractivity contribution in [3.05, 3.63) is 0 Å². The monoisotopic (exact) mass is 243 g/mol. The van der Waals surface area contributed by atoms with E-state index in [9.17, 15) is 18.8 Å². The summed E-state index contributed by atoms with van der Waals surface area (Å²) in [6.07, 6.45) is 1.69. The summed E-state index contributed by atoms with van der Waals surface area (Å²) in [4.78, 5) is 10.8. The second-order valence-corrected chi connectivity index (χ2v) is 4.44. The largest absolute Gasteiger partial charge is 0.691 e. The van der Waals surface area contributed by atoms with Crippen LogP contribution in [-0.4, -0.2) is 17.8 Å². The molecule has 5 nitrogen and oxygen atoms in total. The quantitative estimate of drug-likeness (QED) is 0.297. The van der Waals surface area contributed by atoms with Gasteiger partial charge in [0.1, 0.15) is 12.0 Å². The first kappa shape index (κ1) is 12.6. The van der Waals surface area contributed by atoms with Gasteiger partial charge in [0, 0.05) is 5.41 Å². The molecule has 0 atom stereocenters. The van der Waals surface area contributed by atoms with Crippen LogP contribution >= 0.6 is 12.0 Å². The lowest BCUT2D eigenvalue weighted by molar-refractivity contribution is -0.777. The molecule has 0 aromatic carbocycles. The van der Waals surface area contributed by atoms with Crippen molar-refractivity contribution in [1.29, 1.82) is 0 Å². The maximum Gasteiger partial charge on any atom is 0.415 e. The molecule has 8 heteroatoms. The lowest BCUT2D eigenvalue weighted by Crippen LogP contribution is -2.29. The van der Waals surface area contributed by atoms with Gasteiger partial charge in [-0.3, -0.25) is 5.04 Å². The standard InChI is InChI=1S/C7H10F2O5S/c1-6(2-3-6)4-12-5(10)7(8,9)15-14-13-11/h11H,2-4H2,1H3/p-1. The Morgan fingerprint density at radius 1 is 1.60 bits per heavy atom. The summed E-state index contributed by atoms with van der Waals surface area (Å²) in [5.41, 5.74) is -0.174. The van der Waals surface area contributed by atoms with E-state index >= 15 is 0 Å². The number of hydrogen-bond acceptors (Lipinski definition) is 6. The first-order valence-corrected chi connectivity index (χ1v) is 4.83. The molecule has 15 heavy (non-hydrogen) atoms. The van der Waals surface area contributed by atoms with E-state index in [1.54, 1.807) is 0 Å². The van der Waals surface area contributed by atoms with E-state index in [4.69, 9.17) is 0 Å². The topological polar surface area (TPSA) is 67.8 Å². The Morgan fingerprint density at radius 2 is 2.20 bits per heavy atom. The summed E-state index contributed by atoms with van der Waals surface area (Å²) in [5.74, 6) is -1.74. The van der Waals surface area contributed by atoms with Crippen LogP contribution in [0.3, 0.4) is 0 Å². The summed E-state index contributed by atoms with van der Waals surface area (Å²) in [6, 6.07) is 0. The molecule has 88 valence electrons. The third-order valence-electron chi connectivity index (χ3n) is 2.06. The Hall–Kier alpha value is -0.440. The fraction of sp³-hybridized carbons (Fsp3) is 0.857. The molecule has 0 bridgehead atoms. The van der Waals surface area contributed by atoms with Crippen molar-refractivity contribution >= 4 is 18.0 Å². The number of carbonyl (C=O) groups excluding carboxylic acids is 1. The Morgan fingerprint density at radius 3 is 2.67 bits per heavy atom. The number of halogens is 2. The molecule has 1 rings (SSSR count). The third kappa shape index (κ3) is 3.90. The average Bonchev–Trinajstić information content (AvgIpc) is 2.90. The van der Waals surface area contributed by atoms with Gasteiger partial charge in [0.2, 0.25) is 0 Å². The minimum absolute atomic E-state index is 0.0553. The first-order chi connectivity index (χ1) is 6.90. The van der Waals surface area contributed by atoms with Gasteiger partial charge in [0.05, 0.1) is 6.61 Å². The maximum absolute atomic E-state index is 12.7. The Balaban J connectivity index is 2.30. The normalized spacial score (nSPS) is 18.7. The van der Waals surface area contributed by atoms with Crippen LogP contribution in [0.2, 0.25) is 0 Å². The molecule has 1 fully saturated rings. The fourth-order valence-corrected chi connectivity index (χ4v) is 1.01. The summed E-state index contributed by atoms with van der Waals surface area (Å²) >= 11 is -0.685. The zero-order chi connectivity index (χ0) is 11.5. The molecule has 0 saturated heterocycles. The van der Waals surface area contributed by atoms with E-state index in [2.05, 4.69) is 14.1 Å². The van der Waals surface area contributed by atoms with E-state index in [-0.39, 0.29) is 12.0 Å². The molecule has 0 aliphatic heterocycles. The van der Waals surface area contributed by atoms with Gasteiger partial charge in [-0.25, -0.2) is 4.79 Å². The van der Waals surface area contributed by atoms with Gasteiger partial charge >= 0.3 is 11.2 Å². The van der Waals surface area contributed by atoms with Crippen LogP contribution in [0, 0.1) is 5.41 Å². The van der Waals surface area contributed by atoms with Crippen LogP contribution in [0.25, 0.3) is 0 Å². The molecule has 0 N–H and O–H groups in total. The van der Waals surface area contributed by atoms with Crippen molar-refractivity contribution < 1.29 is 32.9 Å². The molecule has 0 radical (unpaired) electrons. The van der Waals surface area contributed by atoms with Gasteiger partial charge in [-0.05, 0) is 12.8 Å². The molecule has 1 aliphatic carbocycles. The third-order valence-corrected chi connectivity index (χ3v) is 2.56. The highest BCUT2D eigenvalue weighted by Gasteiger charge is 2.46. The van der Waals surface area contributed by atoms with Crippen LogP contribution in [0.15, 0.2) is 0 Å². The molecule has 0 heterocycles. The van der Waals surface area contributed by atoms with Crippen molar-refractivity contribution in [1.82, 2.24) is 0 Å². The molecule has 0 amide bonds. The van der Waals surface area contributed by atoms with Crippen LogP contribution in [0.4, 0.5) is 8.78 Å². The van der Waals surface area contributed by atoms with Crippen molar-refractivity contribution in [3.8, 4) is 0 Å². The fourth-order valence-electron chi connectivity index (χ4n) is 0.772. The van der Waals surface area contributed by atoms with Gasteiger partial charge in [-0.15, -0.1) is 0 Å². The highest BCUT2D eigenvalue weighted by atomic mass is 32.2. The van der Waals surface area contributed by atoms with Gasteiger partial charge in [-0.2, -0.15) is 13.1 Å². The van der Waals surface area contributed by atoms with Crippen LogP contribution in [-0.2, 0) is 18.9 Å². The van der Waals surface area contributed by atoms with Crippen LogP contribution in [0.1, 0.15) is 19.8 Å². The van der Waals surface area contributed by atoms with Gasteiger partial charge in [0.25, 0.3) is 0 Å². The highest BCUT2D eigenvalue weighted by molar-refractivity contribution is 7.96. The van der Waals surface area contributed by atoms with Gasteiger partial charge < -0.3 is 9.99 Å². The smallest absolute Gasteiger partial charge is 0.415 e. The summed E-state index contributed by atoms with van der Waals surface area (Å²) < 4.78 is 33.2. The zero-order valence-corrected chi connectivity index (χ0v) is 8.64. The molecule has 0 unspecified atom stereocenters. The van der Waals surface area contributed by atoms with Crippen molar-refractivity contribution in [2.24, 2.45) is 5.41 Å². The maximum atomic E-state index is 12.7. The highest BCUT2D eigenvalue weighted by Crippen LogP contribution is 2.45. The Labute approximate surface area is 88.7 Å². The molecule has 1 saturated carbocycles. The lowest BCUT2D eigenvalue weighted by atomic mass is 10.2. The molecule has 0 aromatic rings. The molecule has 0 aromatic heterocycles. The molecule has 0 spiro atoms. The van der Waals surface area contributed by atoms with Crippen LogP contribution < -0.4 is 5.26 Å². The number of hydrogen-bond donors (Lipinski definition) is 0. The SMILES string of the molecule is CC1(COC(=O)C(F)(F)SOO[O-])CC1. The van der Waals surface area contributed by atoms with E-state index < -0.39 is 23.3 Å². The second kappa shape index (κ2) is 4.60. The number of carbonyl (C=O) groups is 1. The number of ether oxygens (including phenoxy) is 1. The first-order valence-electron chi connectivity index (χ1n) is 4.09. The Bertz CT molecular complexity index is 244. The predicted molar refractivity (Wildman–Crippen MR) is 43.0 cm³/mol. The summed E-state index contributed by atoms with van der Waals surface area (Å²) in [6.45, 7) is 1.77. The van der Waals surface area contributed by atoms with Crippen molar-refractivity contribution in [2.75, 3.05) is 6.61 Å². The van der Waals surface area contributed by atoms with E-state index in [1.165, 1.54) is 0 Å². The lowest BCUT2D eigenvalue weighted by Gasteiger charge is -2.15. The Kier molecular flexibility index (Phi) is 3.87. The van der Waals surface area contributed by atoms with Crippen molar-refractivity contribution in [3.63, 3.8) is 0 Å².